The van der Waals surface area contributed by atoms with E-state index in [1.54, 1.807) is 0 Å². The van der Waals surface area contributed by atoms with Crippen molar-refractivity contribution < 1.29 is 29.4 Å². The number of aliphatic hydroxyl groups is 1. The van der Waals surface area contributed by atoms with Crippen LogP contribution in [0.3, 0.4) is 0 Å². The molecule has 1 fully saturated rings. The molecule has 2 aliphatic rings. The fourth-order valence-corrected chi connectivity index (χ4v) is 5.35. The highest BCUT2D eigenvalue weighted by Crippen LogP contribution is 2.40. The Balaban J connectivity index is 1.48. The Bertz CT molecular complexity index is 1340. The fraction of sp³-hybridized carbons (Fsp3) is 0.333. The van der Waals surface area contributed by atoms with Gasteiger partial charge in [-0.15, -0.1) is 33.3 Å². The van der Waals surface area contributed by atoms with Crippen LogP contribution < -0.4 is 21.9 Å². The molecule has 0 aliphatic carbocycles. The number of oxime groups is 1. The minimum atomic E-state index is -1.33. The lowest BCUT2D eigenvalue weighted by Crippen LogP contribution is -2.71. The van der Waals surface area contributed by atoms with Crippen LogP contribution in [0.25, 0.3) is 0 Å². The Hall–Kier alpha value is -4.03. The standard InChI is InChI=1S/C18H19N9O7S2/c1-34-26-9(8-5-36-17(19)21-8)13(30)22-10-14(31)27-11(16(32)33)6(4-35-15(10)27)2-20-18-23-12(29)7(3-28)24-25-18/h5,10,15,28H,2-4H2,1H3,(H2,19,21)(H,22,30)(H,32,33)(H2,20,23,25,29)/b26-9-/t10?,15-/m1/s1. The number of carboxylic acid groups (broad SMARTS) is 1. The number of amides is 2. The van der Waals surface area contributed by atoms with Crippen LogP contribution in [0.4, 0.5) is 11.1 Å². The molecule has 7 N–H and O–H groups in total. The minimum Gasteiger partial charge on any atom is -0.477 e. The van der Waals surface area contributed by atoms with Crippen LogP contribution in [0.2, 0.25) is 0 Å². The smallest absolute Gasteiger partial charge is 0.352 e. The van der Waals surface area contributed by atoms with E-state index in [1.807, 2.05) is 0 Å². The number of anilines is 2. The van der Waals surface area contributed by atoms with Gasteiger partial charge in [0.15, 0.2) is 16.5 Å². The van der Waals surface area contributed by atoms with E-state index in [1.165, 1.54) is 24.3 Å². The fourth-order valence-electron chi connectivity index (χ4n) is 3.45. The largest absolute Gasteiger partial charge is 0.477 e. The van der Waals surface area contributed by atoms with Crippen molar-refractivity contribution in [2.75, 3.05) is 30.5 Å². The SMILES string of the molecule is CO/N=C(\C(=O)NC1C(=O)N2C(C(=O)O)=C(CNc3nnc(CO)c(=O)[nH]3)CS[C@H]12)c1csc(N)n1. The van der Waals surface area contributed by atoms with Crippen LogP contribution in [-0.2, 0) is 25.8 Å². The molecule has 2 aliphatic heterocycles. The number of aliphatic carboxylic acids is 1. The van der Waals surface area contributed by atoms with Crippen molar-refractivity contribution in [1.82, 2.24) is 30.4 Å². The number of thioether (sulfide) groups is 1. The zero-order valence-electron chi connectivity index (χ0n) is 18.4. The number of carboxylic acids is 1. The predicted octanol–water partition coefficient (Wildman–Crippen LogP) is -2.10. The Morgan fingerprint density at radius 1 is 1.39 bits per heavy atom. The van der Waals surface area contributed by atoms with Crippen LogP contribution in [0, 0.1) is 0 Å². The highest BCUT2D eigenvalue weighted by Gasteiger charge is 2.54. The van der Waals surface area contributed by atoms with E-state index in [0.29, 0.717) is 5.57 Å². The number of H-pyrrole nitrogens is 1. The maximum absolute atomic E-state index is 12.9. The molecule has 16 nitrogen and oxygen atoms in total. The molecule has 1 saturated heterocycles. The van der Waals surface area contributed by atoms with Gasteiger partial charge >= 0.3 is 5.97 Å². The number of nitrogen functional groups attached to an aromatic ring is 1. The van der Waals surface area contributed by atoms with Crippen molar-refractivity contribution in [3.8, 4) is 0 Å². The lowest BCUT2D eigenvalue weighted by atomic mass is 10.0. The topological polar surface area (TPSA) is 238 Å². The second-order valence-corrected chi connectivity index (χ2v) is 9.27. The molecule has 0 aromatic carbocycles. The molecule has 0 saturated carbocycles. The molecule has 36 heavy (non-hydrogen) atoms. The number of carbonyl (C=O) groups excluding carboxylic acids is 2. The summed E-state index contributed by atoms with van der Waals surface area (Å²) in [5.74, 6) is -2.50. The summed E-state index contributed by atoms with van der Waals surface area (Å²) in [6.45, 7) is -0.637. The number of nitrogens with two attached hydrogens (primary N) is 1. The van der Waals surface area contributed by atoms with E-state index in [0.717, 1.165) is 16.2 Å². The van der Waals surface area contributed by atoms with Gasteiger partial charge in [0.1, 0.15) is 29.9 Å². The van der Waals surface area contributed by atoms with Crippen molar-refractivity contribution in [3.63, 3.8) is 0 Å². The highest BCUT2D eigenvalue weighted by molar-refractivity contribution is 8.00. The van der Waals surface area contributed by atoms with E-state index < -0.39 is 41.4 Å². The molecule has 18 heteroatoms. The molecular formula is C18H19N9O7S2. The normalized spacial score (nSPS) is 19.4. The first kappa shape index (κ1) is 25.1. The number of nitrogens with zero attached hydrogens (tertiary/aromatic N) is 5. The van der Waals surface area contributed by atoms with Gasteiger partial charge in [0.05, 0.1) is 6.61 Å². The molecule has 2 amide bonds. The summed E-state index contributed by atoms with van der Waals surface area (Å²) in [6.07, 6.45) is 0. The van der Waals surface area contributed by atoms with Crippen molar-refractivity contribution in [3.05, 3.63) is 38.4 Å². The molecule has 0 radical (unpaired) electrons. The Kier molecular flexibility index (Phi) is 7.17. The zero-order chi connectivity index (χ0) is 26.0. The first-order valence-electron chi connectivity index (χ1n) is 10.1. The first-order chi connectivity index (χ1) is 17.2. The quantitative estimate of drug-likeness (QED) is 0.114. The summed E-state index contributed by atoms with van der Waals surface area (Å²) < 4.78 is 0. The van der Waals surface area contributed by atoms with Crippen molar-refractivity contribution in [1.29, 1.82) is 0 Å². The molecule has 0 bridgehead atoms. The van der Waals surface area contributed by atoms with E-state index in [-0.39, 0.29) is 46.2 Å². The zero-order valence-corrected chi connectivity index (χ0v) is 20.1. The Labute approximate surface area is 209 Å². The van der Waals surface area contributed by atoms with E-state index in [4.69, 9.17) is 15.7 Å². The van der Waals surface area contributed by atoms with Gasteiger partial charge in [-0.2, -0.15) is 0 Å². The molecule has 1 unspecified atom stereocenters. The van der Waals surface area contributed by atoms with E-state index in [9.17, 15) is 24.3 Å². The number of thiazole rings is 1. The lowest BCUT2D eigenvalue weighted by molar-refractivity contribution is -0.150. The van der Waals surface area contributed by atoms with Crippen LogP contribution in [0.15, 0.2) is 26.6 Å². The molecule has 4 heterocycles. The summed E-state index contributed by atoms with van der Waals surface area (Å²) in [4.78, 5) is 61.7. The average molecular weight is 538 g/mol. The van der Waals surface area contributed by atoms with Gasteiger partial charge < -0.3 is 31.4 Å². The molecule has 2 aromatic heterocycles. The number of hydrogen-bond acceptors (Lipinski definition) is 14. The second kappa shape index (κ2) is 10.3. The van der Waals surface area contributed by atoms with Crippen molar-refractivity contribution >= 4 is 57.7 Å². The number of aromatic amines is 1. The number of hydrogen-bond donors (Lipinski definition) is 6. The number of fused-ring (bicyclic) bond motifs is 1. The molecule has 0 spiro atoms. The summed E-state index contributed by atoms with van der Waals surface area (Å²) in [5.41, 5.74) is 4.91. The predicted molar refractivity (Wildman–Crippen MR) is 127 cm³/mol. The van der Waals surface area contributed by atoms with Gasteiger partial charge in [0, 0.05) is 17.7 Å². The van der Waals surface area contributed by atoms with Crippen molar-refractivity contribution in [2.45, 2.75) is 18.0 Å². The minimum absolute atomic E-state index is 0.0331. The molecule has 2 aromatic rings. The van der Waals surface area contributed by atoms with Gasteiger partial charge in [-0.25, -0.2) is 9.78 Å². The first-order valence-corrected chi connectivity index (χ1v) is 12.0. The summed E-state index contributed by atoms with van der Waals surface area (Å²) in [7, 11) is 1.25. The number of aliphatic hydroxyl groups excluding tert-OH is 1. The average Bonchev–Trinajstić information content (AvgIpc) is 3.29. The number of aromatic nitrogens is 4. The Morgan fingerprint density at radius 3 is 2.78 bits per heavy atom. The summed E-state index contributed by atoms with van der Waals surface area (Å²) in [5, 5.41) is 36.1. The maximum Gasteiger partial charge on any atom is 0.352 e. The van der Waals surface area contributed by atoms with Crippen LogP contribution in [-0.4, -0.2) is 89.6 Å². The second-order valence-electron chi connectivity index (χ2n) is 7.27. The maximum atomic E-state index is 12.9. The lowest BCUT2D eigenvalue weighted by Gasteiger charge is -2.49. The van der Waals surface area contributed by atoms with Gasteiger partial charge in [-0.3, -0.25) is 24.3 Å². The molecular weight excluding hydrogens is 518 g/mol. The van der Waals surface area contributed by atoms with Gasteiger partial charge in [0.2, 0.25) is 5.95 Å². The van der Waals surface area contributed by atoms with Gasteiger partial charge in [-0.1, -0.05) is 5.16 Å². The Morgan fingerprint density at radius 2 is 2.17 bits per heavy atom. The molecule has 190 valence electrons. The van der Waals surface area contributed by atoms with Crippen LogP contribution in [0.1, 0.15) is 11.4 Å². The number of carbonyl (C=O) groups is 3. The van der Waals surface area contributed by atoms with Gasteiger partial charge in [-0.05, 0) is 5.57 Å². The third-order valence-corrected chi connectivity index (χ3v) is 7.10. The van der Waals surface area contributed by atoms with Crippen LogP contribution >= 0.6 is 23.1 Å². The van der Waals surface area contributed by atoms with Gasteiger partial charge in [0.25, 0.3) is 17.4 Å². The summed E-state index contributed by atoms with van der Waals surface area (Å²) >= 11 is 2.35. The van der Waals surface area contributed by atoms with E-state index in [2.05, 4.69) is 36.0 Å². The van der Waals surface area contributed by atoms with E-state index >= 15 is 0 Å². The monoisotopic (exact) mass is 537 g/mol. The third-order valence-electron chi connectivity index (χ3n) is 5.08. The van der Waals surface area contributed by atoms with Crippen LogP contribution in [0.5, 0.6) is 0 Å². The highest BCUT2D eigenvalue weighted by atomic mass is 32.2. The third kappa shape index (κ3) is 4.72. The summed E-state index contributed by atoms with van der Waals surface area (Å²) in [6, 6.07) is -1.00. The number of β-lactam (4-membered cyclic amide) rings is 1. The number of nitrogens with one attached hydrogen (secondary N) is 3. The molecule has 2 atom stereocenters. The number of rotatable bonds is 9. The van der Waals surface area contributed by atoms with Crippen molar-refractivity contribution in [2.24, 2.45) is 5.16 Å². The molecule has 4 rings (SSSR count).